The molecule has 0 saturated heterocycles. The molecule has 0 aliphatic heterocycles. The second kappa shape index (κ2) is 12.7. The summed E-state index contributed by atoms with van der Waals surface area (Å²) in [5.41, 5.74) is 0. The largest absolute Gasteiger partial charge is 0.489 e. The number of nitrogens with one attached hydrogen (secondary N) is 2. The van der Waals surface area contributed by atoms with Gasteiger partial charge >= 0.3 is 0 Å². The molecule has 0 amide bonds. The molecule has 0 radical (unpaired) electrons. The van der Waals surface area contributed by atoms with Crippen molar-refractivity contribution >= 4 is 41.5 Å². The molecule has 1 aromatic rings. The first-order chi connectivity index (χ1) is 10.5. The normalized spacial score (nSPS) is 12.5. The van der Waals surface area contributed by atoms with Crippen LogP contribution in [-0.2, 0) is 0 Å². The van der Waals surface area contributed by atoms with Gasteiger partial charge in [0.05, 0.1) is 6.54 Å². The van der Waals surface area contributed by atoms with Gasteiger partial charge in [-0.1, -0.05) is 18.5 Å². The maximum Gasteiger partial charge on any atom is 0.191 e. The molecule has 0 spiro atoms. The first kappa shape index (κ1) is 22.3. The maximum atomic E-state index is 5.86. The summed E-state index contributed by atoms with van der Waals surface area (Å²) >= 11 is 5.86. The van der Waals surface area contributed by atoms with E-state index in [2.05, 4.69) is 34.5 Å². The number of nitrogens with zero attached hydrogens (tertiary/aromatic N) is 2. The second-order valence-electron chi connectivity index (χ2n) is 5.16. The van der Waals surface area contributed by atoms with Crippen molar-refractivity contribution < 1.29 is 4.74 Å². The van der Waals surface area contributed by atoms with Crippen LogP contribution in [0.3, 0.4) is 0 Å². The predicted octanol–water partition coefficient (Wildman–Crippen LogP) is 2.84. The van der Waals surface area contributed by atoms with Crippen LogP contribution in [0.25, 0.3) is 0 Å². The van der Waals surface area contributed by atoms with Gasteiger partial charge in [0.15, 0.2) is 5.96 Å². The lowest BCUT2D eigenvalue weighted by molar-refractivity contribution is 0.224. The third-order valence-electron chi connectivity index (χ3n) is 3.26. The number of rotatable bonds is 8. The molecule has 1 aromatic carbocycles. The summed E-state index contributed by atoms with van der Waals surface area (Å²) in [5, 5.41) is 7.26. The van der Waals surface area contributed by atoms with Crippen molar-refractivity contribution in [2.75, 3.05) is 40.3 Å². The van der Waals surface area contributed by atoms with Gasteiger partial charge in [0, 0.05) is 25.2 Å². The molecular weight excluding hydrogens is 427 g/mol. The quantitative estimate of drug-likeness (QED) is 0.360. The highest BCUT2D eigenvalue weighted by Crippen LogP contribution is 2.16. The van der Waals surface area contributed by atoms with Crippen LogP contribution in [0.4, 0.5) is 0 Å². The molecule has 1 rings (SSSR count). The lowest BCUT2D eigenvalue weighted by Crippen LogP contribution is -2.44. The molecule has 0 heterocycles. The van der Waals surface area contributed by atoms with E-state index < -0.39 is 0 Å². The second-order valence-corrected chi connectivity index (χ2v) is 5.59. The van der Waals surface area contributed by atoms with Crippen LogP contribution in [-0.4, -0.2) is 57.2 Å². The lowest BCUT2D eigenvalue weighted by atomic mass is 10.3. The highest BCUT2D eigenvalue weighted by Gasteiger charge is 2.06. The Morgan fingerprint density at radius 2 is 1.96 bits per heavy atom. The van der Waals surface area contributed by atoms with E-state index in [1.807, 2.05) is 31.2 Å². The number of halogens is 2. The Labute approximate surface area is 161 Å². The van der Waals surface area contributed by atoms with Crippen LogP contribution in [0.2, 0.25) is 5.02 Å². The molecule has 1 atom stereocenters. The average molecular weight is 455 g/mol. The van der Waals surface area contributed by atoms with Crippen LogP contribution in [0.15, 0.2) is 29.3 Å². The first-order valence-corrected chi connectivity index (χ1v) is 7.98. The lowest BCUT2D eigenvalue weighted by Gasteiger charge is -2.19. The smallest absolute Gasteiger partial charge is 0.191 e. The number of hydrogen-bond donors (Lipinski definition) is 2. The number of ether oxygens (including phenoxy) is 1. The number of likely N-dealkylation sites (N-methyl/N-ethyl adjacent to an activating group) is 1. The Hall–Kier alpha value is -0.730. The number of aliphatic imine (C=N–C) groups is 1. The van der Waals surface area contributed by atoms with Gasteiger partial charge in [-0.25, -0.2) is 0 Å². The Kier molecular flexibility index (Phi) is 12.3. The molecule has 5 nitrogen and oxygen atoms in total. The fourth-order valence-electron chi connectivity index (χ4n) is 1.77. The monoisotopic (exact) mass is 454 g/mol. The Balaban J connectivity index is 0.00000484. The summed E-state index contributed by atoms with van der Waals surface area (Å²) in [6.07, 6.45) is 0.0260. The Bertz CT molecular complexity index is 456. The summed E-state index contributed by atoms with van der Waals surface area (Å²) < 4.78 is 5.81. The molecule has 0 fully saturated rings. The SMILES string of the molecule is CCN(C)CCNC(=NC)NCC(C)Oc1ccc(Cl)cc1.I. The van der Waals surface area contributed by atoms with Gasteiger partial charge in [-0.15, -0.1) is 24.0 Å². The molecule has 23 heavy (non-hydrogen) atoms. The van der Waals surface area contributed by atoms with Crippen molar-refractivity contribution in [3.63, 3.8) is 0 Å². The fraction of sp³-hybridized carbons (Fsp3) is 0.562. The highest BCUT2D eigenvalue weighted by atomic mass is 127. The third kappa shape index (κ3) is 9.88. The molecule has 0 bridgehead atoms. The molecule has 1 unspecified atom stereocenters. The van der Waals surface area contributed by atoms with Crippen molar-refractivity contribution in [3.05, 3.63) is 29.3 Å². The van der Waals surface area contributed by atoms with Gasteiger partial charge in [0.25, 0.3) is 0 Å². The zero-order valence-electron chi connectivity index (χ0n) is 14.3. The number of guanidine groups is 1. The van der Waals surface area contributed by atoms with Gasteiger partial charge < -0.3 is 20.3 Å². The molecule has 0 saturated carbocycles. The minimum atomic E-state index is 0. The van der Waals surface area contributed by atoms with Gasteiger partial charge in [-0.05, 0) is 44.8 Å². The zero-order chi connectivity index (χ0) is 16.4. The van der Waals surface area contributed by atoms with Crippen molar-refractivity contribution in [2.45, 2.75) is 20.0 Å². The van der Waals surface area contributed by atoms with Crippen LogP contribution in [0, 0.1) is 0 Å². The van der Waals surface area contributed by atoms with Gasteiger partial charge in [0.1, 0.15) is 11.9 Å². The van der Waals surface area contributed by atoms with E-state index in [1.54, 1.807) is 7.05 Å². The van der Waals surface area contributed by atoms with Gasteiger partial charge in [-0.3, -0.25) is 4.99 Å². The summed E-state index contributed by atoms with van der Waals surface area (Å²) in [7, 11) is 3.86. The minimum absolute atomic E-state index is 0. The molecular formula is C16H28ClIN4O. The number of hydrogen-bond acceptors (Lipinski definition) is 3. The Morgan fingerprint density at radius 3 is 2.52 bits per heavy atom. The number of benzene rings is 1. The van der Waals surface area contributed by atoms with Gasteiger partial charge in [-0.2, -0.15) is 0 Å². The Morgan fingerprint density at radius 1 is 1.30 bits per heavy atom. The summed E-state index contributed by atoms with van der Waals surface area (Å²) in [6.45, 7) is 7.71. The van der Waals surface area contributed by atoms with Crippen LogP contribution in [0.5, 0.6) is 5.75 Å². The summed E-state index contributed by atoms with van der Waals surface area (Å²) in [6, 6.07) is 7.38. The van der Waals surface area contributed by atoms with Crippen molar-refractivity contribution in [3.8, 4) is 5.75 Å². The predicted molar refractivity (Wildman–Crippen MR) is 109 cm³/mol. The molecule has 0 aliphatic rings. The van der Waals surface area contributed by atoms with Crippen LogP contribution >= 0.6 is 35.6 Å². The van der Waals surface area contributed by atoms with Crippen molar-refractivity contribution in [2.24, 2.45) is 4.99 Å². The zero-order valence-corrected chi connectivity index (χ0v) is 17.4. The standard InChI is InChI=1S/C16H27ClN4O.HI/c1-5-21(4)11-10-19-16(18-3)20-12-13(2)22-15-8-6-14(17)7-9-15;/h6-9,13H,5,10-12H2,1-4H3,(H2,18,19,20);1H. The van der Waals surface area contributed by atoms with E-state index in [0.717, 1.165) is 31.3 Å². The maximum absolute atomic E-state index is 5.86. The molecule has 0 aromatic heterocycles. The van der Waals surface area contributed by atoms with Crippen molar-refractivity contribution in [1.29, 1.82) is 0 Å². The summed E-state index contributed by atoms with van der Waals surface area (Å²) in [4.78, 5) is 6.45. The molecule has 132 valence electrons. The molecule has 2 N–H and O–H groups in total. The molecule has 7 heteroatoms. The van der Waals surface area contributed by atoms with E-state index in [9.17, 15) is 0 Å². The summed E-state index contributed by atoms with van der Waals surface area (Å²) in [5.74, 6) is 1.60. The van der Waals surface area contributed by atoms with Crippen LogP contribution < -0.4 is 15.4 Å². The van der Waals surface area contributed by atoms with E-state index >= 15 is 0 Å². The van der Waals surface area contributed by atoms with Gasteiger partial charge in [0.2, 0.25) is 0 Å². The minimum Gasteiger partial charge on any atom is -0.489 e. The average Bonchev–Trinajstić information content (AvgIpc) is 2.52. The first-order valence-electron chi connectivity index (χ1n) is 7.60. The fourth-order valence-corrected chi connectivity index (χ4v) is 1.90. The van der Waals surface area contributed by atoms with Crippen molar-refractivity contribution in [1.82, 2.24) is 15.5 Å². The molecule has 0 aliphatic carbocycles. The van der Waals surface area contributed by atoms with Crippen LogP contribution in [0.1, 0.15) is 13.8 Å². The van der Waals surface area contributed by atoms with E-state index in [1.165, 1.54) is 0 Å². The van der Waals surface area contributed by atoms with E-state index in [-0.39, 0.29) is 30.1 Å². The topological polar surface area (TPSA) is 48.9 Å². The van der Waals surface area contributed by atoms with E-state index in [4.69, 9.17) is 16.3 Å². The highest BCUT2D eigenvalue weighted by molar-refractivity contribution is 14.0. The van der Waals surface area contributed by atoms with E-state index in [0.29, 0.717) is 11.6 Å². The third-order valence-corrected chi connectivity index (χ3v) is 3.51.